The lowest BCUT2D eigenvalue weighted by Crippen LogP contribution is -2.28. The molecule has 0 bridgehead atoms. The molecule has 3 aromatic rings. The first-order valence-electron chi connectivity index (χ1n) is 10.2. The number of phenolic OH excluding ortho intramolecular Hbond substituents is 2. The summed E-state index contributed by atoms with van der Waals surface area (Å²) in [7, 11) is 0. The molecule has 0 radical (unpaired) electrons. The van der Waals surface area contributed by atoms with Gasteiger partial charge < -0.3 is 19.4 Å². The van der Waals surface area contributed by atoms with Crippen LogP contribution in [-0.4, -0.2) is 39.0 Å². The highest BCUT2D eigenvalue weighted by atomic mass is 79.9. The number of amides is 1. The quantitative estimate of drug-likeness (QED) is 0.237. The van der Waals surface area contributed by atoms with Crippen molar-refractivity contribution in [2.24, 2.45) is 10.2 Å². The standard InChI is InChI=1S/C24H20BrN3O5S/c1-2-32-21-10-15(5-7-20(21)30)13-26-27-24-28(14-18-4-3-9-33-18)23(31)22(34-24)12-16-11-17(25)6-8-19(16)29/h3-13,29-30H,2,14H2,1H3/b22-12-,26-13+,27-24-. The molecule has 2 heterocycles. The third-order valence-electron chi connectivity index (χ3n) is 4.69. The number of halogens is 1. The average molecular weight is 542 g/mol. The summed E-state index contributed by atoms with van der Waals surface area (Å²) in [4.78, 5) is 15.0. The number of benzene rings is 2. The van der Waals surface area contributed by atoms with Crippen molar-refractivity contribution in [1.82, 2.24) is 4.90 Å². The Bertz CT molecular complexity index is 1290. The number of aromatic hydroxyl groups is 2. The number of phenols is 2. The van der Waals surface area contributed by atoms with E-state index < -0.39 is 0 Å². The van der Waals surface area contributed by atoms with Gasteiger partial charge in [-0.1, -0.05) is 15.9 Å². The molecule has 34 heavy (non-hydrogen) atoms. The van der Waals surface area contributed by atoms with E-state index in [1.807, 2.05) is 6.92 Å². The summed E-state index contributed by atoms with van der Waals surface area (Å²) in [6, 6.07) is 13.3. The van der Waals surface area contributed by atoms with E-state index in [9.17, 15) is 15.0 Å². The smallest absolute Gasteiger partial charge is 0.267 e. The molecule has 0 saturated carbocycles. The Labute approximate surface area is 208 Å². The third kappa shape index (κ3) is 5.52. The van der Waals surface area contributed by atoms with Gasteiger partial charge in [-0.05, 0) is 78.9 Å². The molecule has 1 fully saturated rings. The molecule has 4 rings (SSSR count). The van der Waals surface area contributed by atoms with E-state index in [0.717, 1.165) is 16.2 Å². The molecule has 1 aliphatic rings. The van der Waals surface area contributed by atoms with Crippen LogP contribution in [0.4, 0.5) is 0 Å². The second-order valence-corrected chi connectivity index (χ2v) is 9.00. The average Bonchev–Trinajstić information content (AvgIpc) is 3.43. The number of nitrogens with zero attached hydrogens (tertiary/aromatic N) is 3. The Balaban J connectivity index is 1.63. The van der Waals surface area contributed by atoms with Crippen LogP contribution in [0.25, 0.3) is 6.08 Å². The molecule has 8 nitrogen and oxygen atoms in total. The molecule has 0 spiro atoms. The highest BCUT2D eigenvalue weighted by Gasteiger charge is 2.34. The summed E-state index contributed by atoms with van der Waals surface area (Å²) in [5, 5.41) is 28.8. The first-order chi connectivity index (χ1) is 16.4. The molecule has 1 saturated heterocycles. The molecular formula is C24H20BrN3O5S. The van der Waals surface area contributed by atoms with E-state index >= 15 is 0 Å². The maximum Gasteiger partial charge on any atom is 0.267 e. The van der Waals surface area contributed by atoms with Crippen molar-refractivity contribution >= 4 is 51.1 Å². The number of amidine groups is 1. The Morgan fingerprint density at radius 2 is 2.00 bits per heavy atom. The molecular weight excluding hydrogens is 522 g/mol. The summed E-state index contributed by atoms with van der Waals surface area (Å²) in [6.45, 7) is 2.43. The molecule has 1 aromatic heterocycles. The van der Waals surface area contributed by atoms with Crippen molar-refractivity contribution in [3.63, 3.8) is 0 Å². The van der Waals surface area contributed by atoms with E-state index in [1.54, 1.807) is 48.5 Å². The van der Waals surface area contributed by atoms with Crippen LogP contribution in [-0.2, 0) is 11.3 Å². The van der Waals surface area contributed by atoms with Gasteiger partial charge in [0.05, 0.1) is 30.5 Å². The van der Waals surface area contributed by atoms with Gasteiger partial charge in [0.25, 0.3) is 5.91 Å². The van der Waals surface area contributed by atoms with Crippen LogP contribution in [0.3, 0.4) is 0 Å². The maximum atomic E-state index is 13.2. The predicted octanol–water partition coefficient (Wildman–Crippen LogP) is 5.36. The lowest BCUT2D eigenvalue weighted by atomic mass is 10.2. The van der Waals surface area contributed by atoms with Crippen molar-refractivity contribution in [3.8, 4) is 17.2 Å². The number of hydrogen-bond acceptors (Lipinski definition) is 8. The van der Waals surface area contributed by atoms with Gasteiger partial charge in [-0.2, -0.15) is 5.10 Å². The Morgan fingerprint density at radius 1 is 1.18 bits per heavy atom. The first kappa shape index (κ1) is 23.7. The van der Waals surface area contributed by atoms with Gasteiger partial charge in [0, 0.05) is 10.0 Å². The first-order valence-corrected chi connectivity index (χ1v) is 11.8. The number of hydrogen-bond donors (Lipinski definition) is 2. The number of carbonyl (C=O) groups is 1. The minimum absolute atomic E-state index is 0.0393. The fraction of sp³-hybridized carbons (Fsp3) is 0.125. The summed E-state index contributed by atoms with van der Waals surface area (Å²) in [5.41, 5.74) is 1.17. The zero-order chi connectivity index (χ0) is 24.1. The third-order valence-corrected chi connectivity index (χ3v) is 6.18. The minimum atomic E-state index is -0.280. The number of ether oxygens (including phenoxy) is 1. The van der Waals surface area contributed by atoms with Crippen LogP contribution >= 0.6 is 27.7 Å². The highest BCUT2D eigenvalue weighted by molar-refractivity contribution is 9.10. The van der Waals surface area contributed by atoms with Crippen molar-refractivity contribution < 1.29 is 24.2 Å². The molecule has 2 aromatic carbocycles. The Kier molecular flexibility index (Phi) is 7.39. The van der Waals surface area contributed by atoms with E-state index in [2.05, 4.69) is 26.1 Å². The molecule has 0 atom stereocenters. The lowest BCUT2D eigenvalue weighted by Gasteiger charge is -2.12. The van der Waals surface area contributed by atoms with Gasteiger partial charge in [-0.25, -0.2) is 0 Å². The van der Waals surface area contributed by atoms with Crippen molar-refractivity contribution in [1.29, 1.82) is 0 Å². The largest absolute Gasteiger partial charge is 0.507 e. The van der Waals surface area contributed by atoms with E-state index in [-0.39, 0.29) is 24.0 Å². The molecule has 0 unspecified atom stereocenters. The van der Waals surface area contributed by atoms with Crippen LogP contribution in [0.5, 0.6) is 17.2 Å². The Morgan fingerprint density at radius 3 is 2.76 bits per heavy atom. The normalized spacial score (nSPS) is 16.3. The molecule has 1 aliphatic heterocycles. The fourth-order valence-corrected chi connectivity index (χ4v) is 4.39. The SMILES string of the molecule is CCOc1cc(/C=N/N=C2\S/C(=C\c3cc(Br)ccc3O)C(=O)N2Cc2ccco2)ccc1O. The van der Waals surface area contributed by atoms with Gasteiger partial charge >= 0.3 is 0 Å². The minimum Gasteiger partial charge on any atom is -0.507 e. The fourth-order valence-electron chi connectivity index (χ4n) is 3.09. The van der Waals surface area contributed by atoms with Crippen molar-refractivity contribution in [2.75, 3.05) is 6.61 Å². The summed E-state index contributed by atoms with van der Waals surface area (Å²) in [6.07, 6.45) is 4.66. The zero-order valence-corrected chi connectivity index (χ0v) is 20.4. The van der Waals surface area contributed by atoms with E-state index in [0.29, 0.717) is 39.3 Å². The zero-order valence-electron chi connectivity index (χ0n) is 18.0. The van der Waals surface area contributed by atoms with Gasteiger partial charge in [0.1, 0.15) is 11.5 Å². The predicted molar refractivity (Wildman–Crippen MR) is 135 cm³/mol. The second kappa shape index (κ2) is 10.6. The summed E-state index contributed by atoms with van der Waals surface area (Å²) >= 11 is 4.53. The van der Waals surface area contributed by atoms with Gasteiger partial charge in [0.15, 0.2) is 16.7 Å². The Hall–Kier alpha value is -3.50. The van der Waals surface area contributed by atoms with Gasteiger partial charge in [-0.3, -0.25) is 9.69 Å². The molecule has 174 valence electrons. The molecule has 2 N–H and O–H groups in total. The van der Waals surface area contributed by atoms with E-state index in [4.69, 9.17) is 9.15 Å². The molecule has 0 aliphatic carbocycles. The van der Waals surface area contributed by atoms with Gasteiger partial charge in [0.2, 0.25) is 0 Å². The number of carbonyl (C=O) groups excluding carboxylic acids is 1. The van der Waals surface area contributed by atoms with Crippen molar-refractivity contribution in [2.45, 2.75) is 13.5 Å². The summed E-state index contributed by atoms with van der Waals surface area (Å²) in [5.74, 6) is 0.762. The molecule has 10 heteroatoms. The number of thioether (sulfide) groups is 1. The van der Waals surface area contributed by atoms with Crippen LogP contribution in [0.2, 0.25) is 0 Å². The number of rotatable bonds is 7. The summed E-state index contributed by atoms with van der Waals surface area (Å²) < 4.78 is 11.6. The maximum absolute atomic E-state index is 13.2. The van der Waals surface area contributed by atoms with E-state index in [1.165, 1.54) is 23.4 Å². The second-order valence-electron chi connectivity index (χ2n) is 7.07. The number of furan rings is 1. The monoisotopic (exact) mass is 541 g/mol. The lowest BCUT2D eigenvalue weighted by molar-refractivity contribution is -0.122. The van der Waals surface area contributed by atoms with Crippen LogP contribution in [0.15, 0.2) is 78.8 Å². The van der Waals surface area contributed by atoms with Crippen LogP contribution in [0.1, 0.15) is 23.8 Å². The van der Waals surface area contributed by atoms with Crippen LogP contribution < -0.4 is 4.74 Å². The van der Waals surface area contributed by atoms with Crippen molar-refractivity contribution in [3.05, 3.63) is 81.1 Å². The van der Waals surface area contributed by atoms with Gasteiger partial charge in [-0.15, -0.1) is 5.10 Å². The van der Waals surface area contributed by atoms with Crippen LogP contribution in [0, 0.1) is 0 Å². The highest BCUT2D eigenvalue weighted by Crippen LogP contribution is 2.36. The topological polar surface area (TPSA) is 108 Å². The molecule has 1 amide bonds.